The van der Waals surface area contributed by atoms with Crippen LogP contribution in [0.15, 0.2) is 18.6 Å². The molecular weight excluding hydrogens is 402 g/mol. The van der Waals surface area contributed by atoms with E-state index in [4.69, 9.17) is 14.7 Å². The molecule has 0 aliphatic heterocycles. The van der Waals surface area contributed by atoms with Gasteiger partial charge in [0, 0.05) is 18.2 Å². The summed E-state index contributed by atoms with van der Waals surface area (Å²) < 4.78 is 37.3. The first-order chi connectivity index (χ1) is 13.5. The van der Waals surface area contributed by atoms with Crippen LogP contribution >= 0.6 is 0 Å². The standard InChI is InChI=1S/C17H25N5O6S/c1-17(2,3)28-16(24)21-29(25,26)27-8-10-6-11(7-13(10)23)22-5-4-12-14(18)19-9-20-15(12)22/h4-5,9-11,13,23H,6-8H2,1-3H3,(H,21,24)(H2,18,19,20)/t10-,11?,13-/m0/s1. The van der Waals surface area contributed by atoms with Crippen LogP contribution in [0.3, 0.4) is 0 Å². The smallest absolute Gasteiger partial charge is 0.423 e. The number of ether oxygens (including phenoxy) is 1. The summed E-state index contributed by atoms with van der Waals surface area (Å²) in [5, 5.41) is 11.1. The van der Waals surface area contributed by atoms with Crippen molar-refractivity contribution in [1.29, 1.82) is 0 Å². The summed E-state index contributed by atoms with van der Waals surface area (Å²) in [4.78, 5) is 19.8. The van der Waals surface area contributed by atoms with Crippen molar-refractivity contribution in [3.8, 4) is 0 Å². The molecule has 0 radical (unpaired) electrons. The van der Waals surface area contributed by atoms with Crippen LogP contribution in [-0.4, -0.2) is 52.5 Å². The van der Waals surface area contributed by atoms with Crippen LogP contribution in [-0.2, 0) is 19.2 Å². The fourth-order valence-electron chi connectivity index (χ4n) is 3.37. The monoisotopic (exact) mass is 427 g/mol. The Bertz CT molecular complexity index is 999. The molecule has 0 bridgehead atoms. The number of hydrogen-bond acceptors (Lipinski definition) is 9. The summed E-state index contributed by atoms with van der Waals surface area (Å²) in [6.07, 6.45) is 2.16. The molecule has 0 aromatic carbocycles. The van der Waals surface area contributed by atoms with Gasteiger partial charge in [-0.25, -0.2) is 14.8 Å². The number of aliphatic hydroxyl groups excluding tert-OH is 1. The number of carbonyl (C=O) groups excluding carboxylic acids is 1. The van der Waals surface area contributed by atoms with Gasteiger partial charge in [0.25, 0.3) is 0 Å². The summed E-state index contributed by atoms with van der Waals surface area (Å²) in [5.74, 6) is -0.0710. The van der Waals surface area contributed by atoms with Crippen LogP contribution in [0.2, 0.25) is 0 Å². The Morgan fingerprint density at radius 1 is 1.38 bits per heavy atom. The molecule has 12 heteroatoms. The number of aliphatic hydroxyl groups is 1. The molecule has 0 saturated heterocycles. The van der Waals surface area contributed by atoms with Crippen LogP contribution in [0.4, 0.5) is 10.6 Å². The van der Waals surface area contributed by atoms with E-state index >= 15 is 0 Å². The number of amides is 1. The summed E-state index contributed by atoms with van der Waals surface area (Å²) in [5.41, 5.74) is 5.65. The number of nitrogen functional groups attached to an aromatic ring is 1. The molecule has 160 valence electrons. The van der Waals surface area contributed by atoms with Gasteiger partial charge in [-0.2, -0.15) is 13.1 Å². The molecule has 1 aliphatic carbocycles. The van der Waals surface area contributed by atoms with Crippen LogP contribution in [0.1, 0.15) is 39.7 Å². The normalized spacial score (nSPS) is 22.7. The fourth-order valence-corrected chi connectivity index (χ4v) is 4.03. The van der Waals surface area contributed by atoms with E-state index in [2.05, 4.69) is 9.97 Å². The average Bonchev–Trinajstić information content (AvgIpc) is 3.15. The van der Waals surface area contributed by atoms with Gasteiger partial charge in [-0.05, 0) is 39.7 Å². The molecule has 11 nitrogen and oxygen atoms in total. The second-order valence-corrected chi connectivity index (χ2v) is 9.36. The molecule has 1 amide bonds. The lowest BCUT2D eigenvalue weighted by molar-refractivity contribution is 0.0559. The highest BCUT2D eigenvalue weighted by Crippen LogP contribution is 2.37. The van der Waals surface area contributed by atoms with E-state index in [1.807, 2.05) is 10.8 Å². The number of nitrogens with two attached hydrogens (primary N) is 1. The van der Waals surface area contributed by atoms with Gasteiger partial charge in [-0.3, -0.25) is 4.18 Å². The summed E-state index contributed by atoms with van der Waals surface area (Å²) in [6.45, 7) is 4.56. The summed E-state index contributed by atoms with van der Waals surface area (Å²) >= 11 is 0. The van der Waals surface area contributed by atoms with Gasteiger partial charge in [0.2, 0.25) is 0 Å². The van der Waals surface area contributed by atoms with Crippen molar-refractivity contribution in [3.05, 3.63) is 18.6 Å². The number of rotatable bonds is 5. The van der Waals surface area contributed by atoms with E-state index < -0.39 is 34.0 Å². The van der Waals surface area contributed by atoms with Crippen LogP contribution in [0.5, 0.6) is 0 Å². The zero-order valence-corrected chi connectivity index (χ0v) is 17.2. The lowest BCUT2D eigenvalue weighted by Crippen LogP contribution is -2.38. The van der Waals surface area contributed by atoms with Crippen LogP contribution < -0.4 is 10.5 Å². The van der Waals surface area contributed by atoms with Crippen LogP contribution in [0.25, 0.3) is 11.0 Å². The van der Waals surface area contributed by atoms with E-state index in [1.54, 1.807) is 31.6 Å². The first kappa shape index (κ1) is 21.3. The zero-order chi connectivity index (χ0) is 21.4. The second-order valence-electron chi connectivity index (χ2n) is 8.01. The molecule has 2 heterocycles. The lowest BCUT2D eigenvalue weighted by atomic mass is 10.1. The molecular formula is C17H25N5O6S. The van der Waals surface area contributed by atoms with Crippen molar-refractivity contribution in [3.63, 3.8) is 0 Å². The van der Waals surface area contributed by atoms with Crippen molar-refractivity contribution in [2.24, 2.45) is 5.92 Å². The minimum Gasteiger partial charge on any atom is -0.443 e. The topological polar surface area (TPSA) is 159 Å². The maximum atomic E-state index is 12.0. The number of carbonyl (C=O) groups is 1. The number of hydrogen-bond donors (Lipinski definition) is 3. The fraction of sp³-hybridized carbons (Fsp3) is 0.588. The Balaban J connectivity index is 1.61. The number of fused-ring (bicyclic) bond motifs is 1. The molecule has 3 rings (SSSR count). The lowest BCUT2D eigenvalue weighted by Gasteiger charge is -2.20. The molecule has 1 unspecified atom stereocenters. The third-order valence-corrected chi connectivity index (χ3v) is 5.47. The molecule has 0 spiro atoms. The Kier molecular flexibility index (Phi) is 5.70. The van der Waals surface area contributed by atoms with E-state index in [0.717, 1.165) is 0 Å². The quantitative estimate of drug-likeness (QED) is 0.635. The van der Waals surface area contributed by atoms with Gasteiger partial charge in [0.1, 0.15) is 23.4 Å². The van der Waals surface area contributed by atoms with Gasteiger partial charge >= 0.3 is 16.4 Å². The Morgan fingerprint density at radius 3 is 2.79 bits per heavy atom. The second kappa shape index (κ2) is 7.76. The highest BCUT2D eigenvalue weighted by Gasteiger charge is 2.36. The first-order valence-corrected chi connectivity index (χ1v) is 10.5. The Morgan fingerprint density at radius 2 is 2.10 bits per heavy atom. The largest absolute Gasteiger partial charge is 0.443 e. The van der Waals surface area contributed by atoms with Crippen molar-refractivity contribution in [1.82, 2.24) is 19.3 Å². The first-order valence-electron chi connectivity index (χ1n) is 9.10. The summed E-state index contributed by atoms with van der Waals surface area (Å²) in [6, 6.07) is 1.70. The third-order valence-electron chi connectivity index (χ3n) is 4.61. The minimum atomic E-state index is -4.36. The number of nitrogens with one attached hydrogen (secondary N) is 1. The average molecular weight is 427 g/mol. The van der Waals surface area contributed by atoms with Gasteiger partial charge in [0.05, 0.1) is 18.1 Å². The van der Waals surface area contributed by atoms with Crippen molar-refractivity contribution in [2.75, 3.05) is 12.3 Å². The van der Waals surface area contributed by atoms with Crippen molar-refractivity contribution < 1.29 is 27.2 Å². The molecule has 3 atom stereocenters. The molecule has 1 fully saturated rings. The van der Waals surface area contributed by atoms with Crippen molar-refractivity contribution >= 4 is 33.2 Å². The SMILES string of the molecule is CC(C)(C)OC(=O)NS(=O)(=O)OC[C@@H]1CC(n2ccc3c(N)ncnc32)C[C@@H]1O. The maximum Gasteiger partial charge on any atom is 0.423 e. The van der Waals surface area contributed by atoms with Gasteiger partial charge in [-0.1, -0.05) is 0 Å². The van der Waals surface area contributed by atoms with Gasteiger partial charge < -0.3 is 20.1 Å². The van der Waals surface area contributed by atoms with Gasteiger partial charge in [-0.15, -0.1) is 0 Å². The van der Waals surface area contributed by atoms with Crippen molar-refractivity contribution in [2.45, 2.75) is 51.4 Å². The Labute approximate surface area is 168 Å². The predicted octanol–water partition coefficient (Wildman–Crippen LogP) is 1.11. The van der Waals surface area contributed by atoms with E-state index in [-0.39, 0.29) is 12.6 Å². The van der Waals surface area contributed by atoms with E-state index in [0.29, 0.717) is 29.7 Å². The zero-order valence-electron chi connectivity index (χ0n) is 16.4. The molecule has 2 aromatic rings. The van der Waals surface area contributed by atoms with E-state index in [1.165, 1.54) is 6.33 Å². The maximum absolute atomic E-state index is 12.0. The molecule has 4 N–H and O–H groups in total. The minimum absolute atomic E-state index is 0.105. The van der Waals surface area contributed by atoms with Crippen LogP contribution in [0, 0.1) is 5.92 Å². The Hall–Kier alpha value is -2.44. The molecule has 2 aromatic heterocycles. The summed E-state index contributed by atoms with van der Waals surface area (Å²) in [7, 11) is -4.36. The molecule has 1 aliphatic rings. The number of nitrogens with zero attached hydrogens (tertiary/aromatic N) is 3. The highest BCUT2D eigenvalue weighted by atomic mass is 32.2. The number of anilines is 1. The molecule has 29 heavy (non-hydrogen) atoms. The number of aromatic nitrogens is 3. The highest BCUT2D eigenvalue weighted by molar-refractivity contribution is 7.85. The third kappa shape index (κ3) is 5.14. The van der Waals surface area contributed by atoms with Gasteiger partial charge in [0.15, 0.2) is 0 Å². The predicted molar refractivity (Wildman–Crippen MR) is 104 cm³/mol. The molecule has 1 saturated carbocycles. The van der Waals surface area contributed by atoms with E-state index in [9.17, 15) is 18.3 Å².